The first-order valence-corrected chi connectivity index (χ1v) is 9.47. The first-order chi connectivity index (χ1) is 16.0. The first-order valence-electron chi connectivity index (χ1n) is 8.71. The molecule has 0 saturated carbocycles. The largest absolute Gasteiger partial charge is 0.457 e. The Labute approximate surface area is 197 Å². The molecule has 0 fully saturated rings. The maximum absolute atomic E-state index is 14.7. The highest BCUT2D eigenvalue weighted by Crippen LogP contribution is 2.59. The molecule has 0 spiro atoms. The van der Waals surface area contributed by atoms with Gasteiger partial charge in [0.25, 0.3) is 0 Å². The second-order valence-electron chi connectivity index (χ2n) is 6.82. The lowest BCUT2D eigenvalue weighted by Crippen LogP contribution is -2.59. The minimum Gasteiger partial charge on any atom is -0.221 e. The molecule has 0 saturated heterocycles. The van der Waals surface area contributed by atoms with Crippen molar-refractivity contribution in [1.29, 1.82) is 0 Å². The van der Waals surface area contributed by atoms with Gasteiger partial charge in [0, 0.05) is 11.1 Å². The number of hydrogen-bond acceptors (Lipinski definition) is 4. The van der Waals surface area contributed by atoms with Gasteiger partial charge in [0.05, 0.1) is 16.2 Å². The summed E-state index contributed by atoms with van der Waals surface area (Å²) in [6, 6.07) is 2.75. The molecule has 5 nitrogen and oxygen atoms in total. The molecular formula is C18H6Cl2F10N4O. The van der Waals surface area contributed by atoms with Crippen LogP contribution in [0.1, 0.15) is 5.56 Å². The number of rotatable bonds is 5. The third-order valence-corrected chi connectivity index (χ3v) is 5.23. The van der Waals surface area contributed by atoms with Crippen LogP contribution < -0.4 is 0 Å². The SMILES string of the molecule is O=Nc1cc(-c2cn(-c3c(Cl)cc(C(F)(C(F)(F)F)C(F)(F)C(F)(F)F)cc3Cl)nn2)ccc1F. The van der Waals surface area contributed by atoms with Gasteiger partial charge in [-0.3, -0.25) is 0 Å². The Morgan fingerprint density at radius 2 is 1.43 bits per heavy atom. The molecule has 0 amide bonds. The second-order valence-corrected chi connectivity index (χ2v) is 7.64. The van der Waals surface area contributed by atoms with Gasteiger partial charge in [0.1, 0.15) is 17.1 Å². The normalized spacial score (nSPS) is 14.6. The van der Waals surface area contributed by atoms with E-state index in [1.165, 1.54) is 0 Å². The summed E-state index contributed by atoms with van der Waals surface area (Å²) in [5, 5.41) is 7.63. The predicted molar refractivity (Wildman–Crippen MR) is 102 cm³/mol. The molecule has 0 N–H and O–H groups in total. The zero-order valence-corrected chi connectivity index (χ0v) is 17.7. The van der Waals surface area contributed by atoms with E-state index in [1.54, 1.807) is 0 Å². The molecule has 1 aromatic heterocycles. The molecule has 1 heterocycles. The zero-order chi connectivity index (χ0) is 26.6. The molecule has 2 aromatic carbocycles. The Morgan fingerprint density at radius 3 is 1.91 bits per heavy atom. The van der Waals surface area contributed by atoms with Gasteiger partial charge in [-0.1, -0.05) is 28.4 Å². The fraction of sp³-hybridized carbons (Fsp3) is 0.222. The van der Waals surface area contributed by atoms with Crippen LogP contribution in [-0.2, 0) is 5.67 Å². The van der Waals surface area contributed by atoms with Gasteiger partial charge < -0.3 is 0 Å². The predicted octanol–water partition coefficient (Wildman–Crippen LogP) is 7.70. The van der Waals surface area contributed by atoms with Crippen LogP contribution in [0, 0.1) is 10.7 Å². The van der Waals surface area contributed by atoms with Gasteiger partial charge in [-0.05, 0) is 35.5 Å². The van der Waals surface area contributed by atoms with Crippen molar-refractivity contribution in [2.45, 2.75) is 23.9 Å². The molecule has 3 rings (SSSR count). The van der Waals surface area contributed by atoms with E-state index in [-0.39, 0.29) is 23.4 Å². The Morgan fingerprint density at radius 1 is 0.857 bits per heavy atom. The van der Waals surface area contributed by atoms with Crippen LogP contribution in [0.2, 0.25) is 10.0 Å². The lowest BCUT2D eigenvalue weighted by Gasteiger charge is -2.36. The number of hydrogen-bond donors (Lipinski definition) is 0. The van der Waals surface area contributed by atoms with Crippen molar-refractivity contribution < 1.29 is 43.9 Å². The minimum atomic E-state index is -6.93. The summed E-state index contributed by atoms with van der Waals surface area (Å²) in [6.45, 7) is 0. The third-order valence-electron chi connectivity index (χ3n) is 4.66. The molecule has 188 valence electrons. The molecule has 0 bridgehead atoms. The van der Waals surface area contributed by atoms with Gasteiger partial charge in [-0.15, -0.1) is 10.0 Å². The van der Waals surface area contributed by atoms with Crippen LogP contribution in [0.15, 0.2) is 41.7 Å². The molecule has 17 heteroatoms. The van der Waals surface area contributed by atoms with E-state index in [4.69, 9.17) is 23.2 Å². The average Bonchev–Trinajstić information content (AvgIpc) is 3.20. The smallest absolute Gasteiger partial charge is 0.221 e. The highest BCUT2D eigenvalue weighted by molar-refractivity contribution is 6.37. The van der Waals surface area contributed by atoms with Crippen LogP contribution in [0.3, 0.4) is 0 Å². The molecule has 0 aliphatic carbocycles. The summed E-state index contributed by atoms with van der Waals surface area (Å²) in [4.78, 5) is 10.6. The molecule has 0 radical (unpaired) electrons. The third kappa shape index (κ3) is 4.30. The molecule has 3 aromatic rings. The molecule has 1 unspecified atom stereocenters. The topological polar surface area (TPSA) is 60.1 Å². The summed E-state index contributed by atoms with van der Waals surface area (Å²) in [7, 11) is 0. The van der Waals surface area contributed by atoms with Crippen LogP contribution in [-0.4, -0.2) is 33.3 Å². The summed E-state index contributed by atoms with van der Waals surface area (Å²) in [6.07, 6.45) is -12.7. The minimum absolute atomic E-state index is 0.0702. The van der Waals surface area contributed by atoms with E-state index in [2.05, 4.69) is 15.5 Å². The quantitative estimate of drug-likeness (QED) is 0.240. The molecule has 35 heavy (non-hydrogen) atoms. The van der Waals surface area contributed by atoms with Crippen LogP contribution in [0.25, 0.3) is 16.9 Å². The number of halogens is 12. The van der Waals surface area contributed by atoms with E-state index in [9.17, 15) is 48.8 Å². The van der Waals surface area contributed by atoms with Crippen LogP contribution in [0.5, 0.6) is 0 Å². The second kappa shape index (κ2) is 8.62. The van der Waals surface area contributed by atoms with Crippen molar-refractivity contribution in [2.75, 3.05) is 0 Å². The number of alkyl halides is 9. The van der Waals surface area contributed by atoms with Crippen LogP contribution in [0.4, 0.5) is 49.6 Å². The summed E-state index contributed by atoms with van der Waals surface area (Å²) < 4.78 is 134. The first kappa shape index (κ1) is 26.7. The van der Waals surface area contributed by atoms with E-state index < -0.39 is 56.7 Å². The van der Waals surface area contributed by atoms with E-state index in [0.29, 0.717) is 4.68 Å². The lowest BCUT2D eigenvalue weighted by molar-refractivity contribution is -0.389. The van der Waals surface area contributed by atoms with Gasteiger partial charge in [0.15, 0.2) is 5.82 Å². The van der Waals surface area contributed by atoms with E-state index in [0.717, 1.165) is 24.4 Å². The van der Waals surface area contributed by atoms with Crippen molar-refractivity contribution in [3.8, 4) is 16.9 Å². The maximum Gasteiger partial charge on any atom is 0.457 e. The van der Waals surface area contributed by atoms with Crippen molar-refractivity contribution in [1.82, 2.24) is 15.0 Å². The number of benzene rings is 2. The average molecular weight is 555 g/mol. The van der Waals surface area contributed by atoms with E-state index in [1.807, 2.05) is 0 Å². The standard InChI is InChI=1S/C18H6Cl2F10N4O/c19-9-4-8(15(22,17(25,26)27)16(23,24)18(28,29)30)5-10(20)14(9)34-6-13(31-33-34)7-1-2-11(21)12(3-7)32-35/h1-6H. The maximum atomic E-state index is 14.7. The van der Waals surface area contributed by atoms with Crippen molar-refractivity contribution >= 4 is 28.9 Å². The monoisotopic (exact) mass is 554 g/mol. The summed E-state index contributed by atoms with van der Waals surface area (Å²) in [5.74, 6) is -7.88. The van der Waals surface area contributed by atoms with Gasteiger partial charge in [0.2, 0.25) is 0 Å². The Kier molecular flexibility index (Phi) is 6.57. The van der Waals surface area contributed by atoms with Gasteiger partial charge >= 0.3 is 23.9 Å². The lowest BCUT2D eigenvalue weighted by atomic mass is 9.87. The van der Waals surface area contributed by atoms with Gasteiger partial charge in [-0.2, -0.15) is 35.1 Å². The molecule has 0 aliphatic heterocycles. The highest BCUT2D eigenvalue weighted by atomic mass is 35.5. The van der Waals surface area contributed by atoms with Crippen molar-refractivity contribution in [3.63, 3.8) is 0 Å². The number of nitroso groups, excluding NO2 is 1. The van der Waals surface area contributed by atoms with Crippen molar-refractivity contribution in [2.24, 2.45) is 5.18 Å². The van der Waals surface area contributed by atoms with Crippen LogP contribution >= 0.6 is 23.2 Å². The fourth-order valence-electron chi connectivity index (χ4n) is 2.95. The Balaban J connectivity index is 2.14. The Hall–Kier alpha value is -2.94. The number of nitrogens with zero attached hydrogens (tertiary/aromatic N) is 4. The fourth-order valence-corrected chi connectivity index (χ4v) is 3.61. The Bertz CT molecular complexity index is 1270. The number of aromatic nitrogens is 3. The summed E-state index contributed by atoms with van der Waals surface area (Å²) in [5.41, 5.74) is -9.65. The van der Waals surface area contributed by atoms with E-state index >= 15 is 0 Å². The summed E-state index contributed by atoms with van der Waals surface area (Å²) >= 11 is 11.5. The molecule has 0 aliphatic rings. The highest BCUT2D eigenvalue weighted by Gasteiger charge is 2.81. The zero-order valence-electron chi connectivity index (χ0n) is 16.2. The molecular weight excluding hydrogens is 549 g/mol. The van der Waals surface area contributed by atoms with Crippen molar-refractivity contribution in [3.05, 3.63) is 62.9 Å². The molecule has 1 atom stereocenters. The van der Waals surface area contributed by atoms with Gasteiger partial charge in [-0.25, -0.2) is 13.5 Å².